The molecule has 0 aliphatic carbocycles. The van der Waals surface area contributed by atoms with Crippen molar-refractivity contribution in [3.63, 3.8) is 0 Å². The minimum Gasteiger partial charge on any atom is -0.245 e. The molecule has 74 valence electrons. The zero-order chi connectivity index (χ0) is 10.1. The van der Waals surface area contributed by atoms with E-state index in [0.29, 0.717) is 5.92 Å². The molecule has 0 N–H and O–H groups in total. The van der Waals surface area contributed by atoms with E-state index >= 15 is 0 Å². The smallest absolute Gasteiger partial charge is 0.138 e. The summed E-state index contributed by atoms with van der Waals surface area (Å²) in [5.41, 5.74) is 0.0424. The van der Waals surface area contributed by atoms with Gasteiger partial charge in [-0.15, -0.1) is 0 Å². The summed E-state index contributed by atoms with van der Waals surface area (Å²) in [6, 6.07) is 0. The predicted molar refractivity (Wildman–Crippen MR) is 53.6 cm³/mol. The van der Waals surface area contributed by atoms with E-state index in [-0.39, 0.29) is 5.54 Å². The molecule has 0 bridgehead atoms. The molecular weight excluding hydrogens is 162 g/mol. The molecule has 3 heteroatoms. The highest BCUT2D eigenvalue weighted by molar-refractivity contribution is 4.90. The van der Waals surface area contributed by atoms with Crippen molar-refractivity contribution >= 4 is 0 Å². The average molecular weight is 181 g/mol. The van der Waals surface area contributed by atoms with Gasteiger partial charge in [0.15, 0.2) is 0 Å². The van der Waals surface area contributed by atoms with Crippen LogP contribution >= 0.6 is 0 Å². The topological polar surface area (TPSA) is 30.7 Å². The lowest BCUT2D eigenvalue weighted by atomic mass is 10.1. The Morgan fingerprint density at radius 2 is 2.00 bits per heavy atom. The Balaban J connectivity index is 2.90. The Bertz CT molecular complexity index is 268. The van der Waals surface area contributed by atoms with E-state index in [1.807, 2.05) is 4.68 Å². The molecule has 0 amide bonds. The molecule has 0 aromatic carbocycles. The van der Waals surface area contributed by atoms with E-state index in [1.54, 1.807) is 6.33 Å². The van der Waals surface area contributed by atoms with Gasteiger partial charge in [-0.2, -0.15) is 5.10 Å². The molecule has 0 fully saturated rings. The zero-order valence-electron chi connectivity index (χ0n) is 9.20. The maximum atomic E-state index is 4.27. The maximum absolute atomic E-state index is 4.27. The normalized spacial score (nSPS) is 12.5. The molecule has 1 heterocycles. The summed E-state index contributed by atoms with van der Waals surface area (Å²) in [5, 5.41) is 4.25. The first-order chi connectivity index (χ1) is 5.91. The van der Waals surface area contributed by atoms with Crippen LogP contribution in [-0.4, -0.2) is 14.8 Å². The summed E-state index contributed by atoms with van der Waals surface area (Å²) in [5.74, 6) is 1.72. The number of hydrogen-bond acceptors (Lipinski definition) is 2. The van der Waals surface area contributed by atoms with Crippen LogP contribution in [0.1, 0.15) is 40.4 Å². The van der Waals surface area contributed by atoms with E-state index in [4.69, 9.17) is 0 Å². The van der Waals surface area contributed by atoms with Gasteiger partial charge in [0.1, 0.15) is 12.2 Å². The highest BCUT2D eigenvalue weighted by atomic mass is 15.4. The second-order valence-electron chi connectivity index (χ2n) is 4.86. The number of rotatable bonds is 2. The molecule has 3 nitrogen and oxygen atoms in total. The third-order valence-electron chi connectivity index (χ3n) is 1.84. The van der Waals surface area contributed by atoms with Crippen molar-refractivity contribution in [2.75, 3.05) is 0 Å². The van der Waals surface area contributed by atoms with Crippen LogP contribution in [0.4, 0.5) is 0 Å². The van der Waals surface area contributed by atoms with Crippen LogP contribution in [-0.2, 0) is 12.0 Å². The van der Waals surface area contributed by atoms with Gasteiger partial charge in [-0.1, -0.05) is 13.8 Å². The van der Waals surface area contributed by atoms with Crippen molar-refractivity contribution in [3.05, 3.63) is 12.2 Å². The molecule has 0 saturated carbocycles. The van der Waals surface area contributed by atoms with E-state index in [1.165, 1.54) is 0 Å². The van der Waals surface area contributed by atoms with Crippen LogP contribution < -0.4 is 0 Å². The Morgan fingerprint density at radius 1 is 1.38 bits per heavy atom. The van der Waals surface area contributed by atoms with Gasteiger partial charge in [0, 0.05) is 6.42 Å². The molecule has 13 heavy (non-hydrogen) atoms. The maximum Gasteiger partial charge on any atom is 0.138 e. The predicted octanol–water partition coefficient (Wildman–Crippen LogP) is 2.23. The second kappa shape index (κ2) is 3.48. The monoisotopic (exact) mass is 181 g/mol. The first kappa shape index (κ1) is 10.2. The van der Waals surface area contributed by atoms with Crippen molar-refractivity contribution in [1.29, 1.82) is 0 Å². The quantitative estimate of drug-likeness (QED) is 0.700. The molecule has 1 aromatic rings. The van der Waals surface area contributed by atoms with Crippen LogP contribution in [0, 0.1) is 5.92 Å². The van der Waals surface area contributed by atoms with Gasteiger partial charge >= 0.3 is 0 Å². The molecule has 0 atom stereocenters. The fourth-order valence-corrected chi connectivity index (χ4v) is 1.33. The summed E-state index contributed by atoms with van der Waals surface area (Å²) in [4.78, 5) is 4.27. The Kier molecular flexibility index (Phi) is 2.74. The van der Waals surface area contributed by atoms with Crippen LogP contribution in [0.5, 0.6) is 0 Å². The average Bonchev–Trinajstić information content (AvgIpc) is 2.31. The number of aromatic nitrogens is 3. The van der Waals surface area contributed by atoms with E-state index in [2.05, 4.69) is 44.7 Å². The van der Waals surface area contributed by atoms with E-state index in [9.17, 15) is 0 Å². The molecule has 0 radical (unpaired) electrons. The molecule has 0 spiro atoms. The molecule has 1 rings (SSSR count). The van der Waals surface area contributed by atoms with E-state index < -0.39 is 0 Å². The fraction of sp³-hybridized carbons (Fsp3) is 0.800. The highest BCUT2D eigenvalue weighted by Crippen LogP contribution is 2.15. The van der Waals surface area contributed by atoms with Crippen LogP contribution in [0.2, 0.25) is 0 Å². The van der Waals surface area contributed by atoms with Crippen LogP contribution in [0.25, 0.3) is 0 Å². The van der Waals surface area contributed by atoms with Gasteiger partial charge in [0.2, 0.25) is 0 Å². The lowest BCUT2D eigenvalue weighted by Gasteiger charge is -2.21. The van der Waals surface area contributed by atoms with Gasteiger partial charge in [-0.05, 0) is 26.7 Å². The van der Waals surface area contributed by atoms with Crippen molar-refractivity contribution in [3.8, 4) is 0 Å². The molecule has 0 saturated heterocycles. The third-order valence-corrected chi connectivity index (χ3v) is 1.84. The third kappa shape index (κ3) is 2.54. The van der Waals surface area contributed by atoms with Gasteiger partial charge in [-0.25, -0.2) is 9.67 Å². The summed E-state index contributed by atoms with van der Waals surface area (Å²) < 4.78 is 2.01. The Labute approximate surface area is 80.2 Å². The summed E-state index contributed by atoms with van der Waals surface area (Å²) in [6.07, 6.45) is 2.64. The van der Waals surface area contributed by atoms with Gasteiger partial charge in [0.25, 0.3) is 0 Å². The minimum absolute atomic E-state index is 0.0424. The van der Waals surface area contributed by atoms with Crippen LogP contribution in [0.3, 0.4) is 0 Å². The lowest BCUT2D eigenvalue weighted by molar-refractivity contribution is 0.336. The van der Waals surface area contributed by atoms with Crippen molar-refractivity contribution < 1.29 is 0 Å². The SMILES string of the molecule is CC(C)Cc1ncnn1C(C)(C)C. The first-order valence-corrected chi connectivity index (χ1v) is 4.80. The largest absolute Gasteiger partial charge is 0.245 e. The van der Waals surface area contributed by atoms with Crippen molar-refractivity contribution in [2.45, 2.75) is 46.6 Å². The number of nitrogens with zero attached hydrogens (tertiary/aromatic N) is 3. The molecule has 1 aromatic heterocycles. The minimum atomic E-state index is 0.0424. The molecular formula is C10H19N3. The van der Waals surface area contributed by atoms with Gasteiger partial charge < -0.3 is 0 Å². The summed E-state index contributed by atoms with van der Waals surface area (Å²) in [6.45, 7) is 10.8. The fourth-order valence-electron chi connectivity index (χ4n) is 1.33. The summed E-state index contributed by atoms with van der Waals surface area (Å²) >= 11 is 0. The van der Waals surface area contributed by atoms with Gasteiger partial charge in [-0.3, -0.25) is 0 Å². The second-order valence-corrected chi connectivity index (χ2v) is 4.86. The van der Waals surface area contributed by atoms with Crippen LogP contribution in [0.15, 0.2) is 6.33 Å². The first-order valence-electron chi connectivity index (χ1n) is 4.80. The van der Waals surface area contributed by atoms with Gasteiger partial charge in [0.05, 0.1) is 5.54 Å². The summed E-state index contributed by atoms with van der Waals surface area (Å²) in [7, 11) is 0. The van der Waals surface area contributed by atoms with Crippen molar-refractivity contribution in [1.82, 2.24) is 14.8 Å². The molecule has 0 aliphatic rings. The number of hydrogen-bond donors (Lipinski definition) is 0. The standard InChI is InChI=1S/C10H19N3/c1-8(2)6-9-11-7-12-13(9)10(3,4)5/h7-8H,6H2,1-5H3. The molecule has 0 aliphatic heterocycles. The lowest BCUT2D eigenvalue weighted by Crippen LogP contribution is -2.26. The van der Waals surface area contributed by atoms with E-state index in [0.717, 1.165) is 12.2 Å². The van der Waals surface area contributed by atoms with Crippen molar-refractivity contribution in [2.24, 2.45) is 5.92 Å². The Morgan fingerprint density at radius 3 is 2.46 bits per heavy atom. The zero-order valence-corrected chi connectivity index (χ0v) is 9.20. The molecule has 0 unspecified atom stereocenters. The Hall–Kier alpha value is -0.860. The highest BCUT2D eigenvalue weighted by Gasteiger charge is 2.18.